The Morgan fingerprint density at radius 1 is 1.41 bits per heavy atom. The highest BCUT2D eigenvalue weighted by Crippen LogP contribution is 2.20. The molecule has 0 bridgehead atoms. The summed E-state index contributed by atoms with van der Waals surface area (Å²) in [7, 11) is 0. The zero-order valence-electron chi connectivity index (χ0n) is 9.76. The van der Waals surface area contributed by atoms with Crippen LogP contribution in [0.15, 0.2) is 36.4 Å². The predicted molar refractivity (Wildman–Crippen MR) is 66.2 cm³/mol. The molecule has 0 aromatic heterocycles. The molecule has 0 radical (unpaired) electrons. The van der Waals surface area contributed by atoms with Gasteiger partial charge in [-0.25, -0.2) is 8.78 Å². The van der Waals surface area contributed by atoms with Crippen molar-refractivity contribution >= 4 is 5.70 Å². The van der Waals surface area contributed by atoms with Crippen molar-refractivity contribution in [3.63, 3.8) is 0 Å². The second-order valence-corrected chi connectivity index (χ2v) is 3.72. The van der Waals surface area contributed by atoms with Crippen LogP contribution in [0.3, 0.4) is 0 Å². The SMILES string of the molecule is C=C(C)/C=C(\NCCN)c1c(F)cccc1F. The molecule has 0 heterocycles. The van der Waals surface area contributed by atoms with Gasteiger partial charge in [-0.05, 0) is 25.1 Å². The van der Waals surface area contributed by atoms with Gasteiger partial charge in [-0.3, -0.25) is 0 Å². The monoisotopic (exact) mass is 238 g/mol. The second kappa shape index (κ2) is 6.15. The maximum atomic E-state index is 13.6. The first-order valence-corrected chi connectivity index (χ1v) is 5.31. The largest absolute Gasteiger partial charge is 0.383 e. The summed E-state index contributed by atoms with van der Waals surface area (Å²) in [5, 5.41) is 2.89. The summed E-state index contributed by atoms with van der Waals surface area (Å²) in [4.78, 5) is 0. The van der Waals surface area contributed by atoms with Crippen molar-refractivity contribution in [3.05, 3.63) is 53.6 Å². The Bertz CT molecular complexity index is 419. The predicted octanol–water partition coefficient (Wildman–Crippen LogP) is 2.43. The number of benzene rings is 1. The highest BCUT2D eigenvalue weighted by molar-refractivity contribution is 5.67. The Labute approximate surface area is 99.8 Å². The first-order chi connectivity index (χ1) is 8.06. The van der Waals surface area contributed by atoms with Crippen LogP contribution in [0.2, 0.25) is 0 Å². The van der Waals surface area contributed by atoms with Crippen LogP contribution in [0, 0.1) is 11.6 Å². The Morgan fingerprint density at radius 2 is 2.00 bits per heavy atom. The molecule has 0 saturated carbocycles. The molecule has 0 aliphatic heterocycles. The van der Waals surface area contributed by atoms with Crippen molar-refractivity contribution in [1.29, 1.82) is 0 Å². The van der Waals surface area contributed by atoms with E-state index < -0.39 is 11.6 Å². The van der Waals surface area contributed by atoms with Gasteiger partial charge in [0.1, 0.15) is 11.6 Å². The molecule has 0 fully saturated rings. The normalized spacial score (nSPS) is 11.4. The first-order valence-electron chi connectivity index (χ1n) is 5.31. The minimum absolute atomic E-state index is 0.0797. The van der Waals surface area contributed by atoms with Crippen molar-refractivity contribution in [1.82, 2.24) is 5.32 Å². The molecule has 0 atom stereocenters. The lowest BCUT2D eigenvalue weighted by atomic mass is 10.1. The van der Waals surface area contributed by atoms with Crippen LogP contribution in [0.5, 0.6) is 0 Å². The van der Waals surface area contributed by atoms with E-state index in [1.807, 2.05) is 0 Å². The van der Waals surface area contributed by atoms with Gasteiger partial charge < -0.3 is 11.1 Å². The highest BCUT2D eigenvalue weighted by atomic mass is 19.1. The third kappa shape index (κ3) is 3.67. The van der Waals surface area contributed by atoms with Crippen molar-refractivity contribution in [2.24, 2.45) is 5.73 Å². The molecular formula is C13H16F2N2. The van der Waals surface area contributed by atoms with Gasteiger partial charge in [0.15, 0.2) is 0 Å². The standard InChI is InChI=1S/C13H16F2N2/c1-9(2)8-12(17-7-6-16)13-10(14)4-3-5-11(13)15/h3-5,8,17H,1,6-7,16H2,2H3/b12-8-. The lowest BCUT2D eigenvalue weighted by molar-refractivity contribution is 0.574. The number of hydrogen-bond donors (Lipinski definition) is 2. The molecule has 17 heavy (non-hydrogen) atoms. The summed E-state index contributed by atoms with van der Waals surface area (Å²) in [5.41, 5.74) is 6.34. The molecule has 0 spiro atoms. The number of nitrogens with two attached hydrogens (primary N) is 1. The van der Waals surface area contributed by atoms with Crippen LogP contribution < -0.4 is 11.1 Å². The second-order valence-electron chi connectivity index (χ2n) is 3.72. The average molecular weight is 238 g/mol. The molecule has 1 aromatic carbocycles. The van der Waals surface area contributed by atoms with Gasteiger partial charge in [0.2, 0.25) is 0 Å². The molecule has 1 rings (SSSR count). The van der Waals surface area contributed by atoms with Gasteiger partial charge in [0, 0.05) is 18.8 Å². The van der Waals surface area contributed by atoms with E-state index in [9.17, 15) is 8.78 Å². The lowest BCUT2D eigenvalue weighted by Gasteiger charge is -2.12. The topological polar surface area (TPSA) is 38.0 Å². The minimum atomic E-state index is -0.609. The molecule has 1 aromatic rings. The van der Waals surface area contributed by atoms with Crippen LogP contribution in [0.25, 0.3) is 5.70 Å². The van der Waals surface area contributed by atoms with Gasteiger partial charge in [-0.1, -0.05) is 18.2 Å². The van der Waals surface area contributed by atoms with Gasteiger partial charge in [-0.15, -0.1) is 0 Å². The summed E-state index contributed by atoms with van der Waals surface area (Å²) in [6.07, 6.45) is 1.59. The summed E-state index contributed by atoms with van der Waals surface area (Å²) < 4.78 is 27.2. The van der Waals surface area contributed by atoms with E-state index in [2.05, 4.69) is 11.9 Å². The van der Waals surface area contributed by atoms with E-state index >= 15 is 0 Å². The number of nitrogens with one attached hydrogen (secondary N) is 1. The van der Waals surface area contributed by atoms with Gasteiger partial charge in [0.25, 0.3) is 0 Å². The Balaban J connectivity index is 3.17. The smallest absolute Gasteiger partial charge is 0.135 e. The van der Waals surface area contributed by atoms with Gasteiger partial charge in [0.05, 0.1) is 5.56 Å². The molecule has 4 heteroatoms. The maximum absolute atomic E-state index is 13.6. The van der Waals surface area contributed by atoms with Crippen LogP contribution >= 0.6 is 0 Å². The fourth-order valence-electron chi connectivity index (χ4n) is 1.42. The molecule has 0 amide bonds. The molecule has 2 nitrogen and oxygen atoms in total. The van der Waals surface area contributed by atoms with E-state index in [0.29, 0.717) is 24.4 Å². The Morgan fingerprint density at radius 3 is 2.47 bits per heavy atom. The highest BCUT2D eigenvalue weighted by Gasteiger charge is 2.12. The molecular weight excluding hydrogens is 222 g/mol. The molecule has 0 unspecified atom stereocenters. The maximum Gasteiger partial charge on any atom is 0.135 e. The number of hydrogen-bond acceptors (Lipinski definition) is 2. The number of halogens is 2. The lowest BCUT2D eigenvalue weighted by Crippen LogP contribution is -2.22. The van der Waals surface area contributed by atoms with Crippen LogP contribution in [0.1, 0.15) is 12.5 Å². The van der Waals surface area contributed by atoms with Gasteiger partial charge >= 0.3 is 0 Å². The Hall–Kier alpha value is -1.68. The number of rotatable bonds is 5. The van der Waals surface area contributed by atoms with Crippen LogP contribution in [-0.4, -0.2) is 13.1 Å². The van der Waals surface area contributed by atoms with Crippen molar-refractivity contribution < 1.29 is 8.78 Å². The van der Waals surface area contributed by atoms with E-state index in [1.165, 1.54) is 18.2 Å². The summed E-state index contributed by atoms with van der Waals surface area (Å²) in [5.74, 6) is -1.22. The average Bonchev–Trinajstić information content (AvgIpc) is 2.24. The van der Waals surface area contributed by atoms with Crippen molar-refractivity contribution in [2.45, 2.75) is 6.92 Å². The quantitative estimate of drug-likeness (QED) is 0.773. The fourth-order valence-corrected chi connectivity index (χ4v) is 1.42. The summed E-state index contributed by atoms with van der Waals surface area (Å²) in [6, 6.07) is 3.76. The van der Waals surface area contributed by atoms with E-state index in [1.54, 1.807) is 13.0 Å². The van der Waals surface area contributed by atoms with E-state index in [-0.39, 0.29) is 5.56 Å². The summed E-state index contributed by atoms with van der Waals surface area (Å²) >= 11 is 0. The fraction of sp³-hybridized carbons (Fsp3) is 0.231. The third-order valence-corrected chi connectivity index (χ3v) is 2.08. The third-order valence-electron chi connectivity index (χ3n) is 2.08. The van der Waals surface area contributed by atoms with E-state index in [4.69, 9.17) is 5.73 Å². The first kappa shape index (κ1) is 13.4. The minimum Gasteiger partial charge on any atom is -0.383 e. The van der Waals surface area contributed by atoms with Crippen molar-refractivity contribution in [3.8, 4) is 0 Å². The van der Waals surface area contributed by atoms with Gasteiger partial charge in [-0.2, -0.15) is 0 Å². The zero-order chi connectivity index (χ0) is 12.8. The zero-order valence-corrected chi connectivity index (χ0v) is 9.76. The molecule has 92 valence electrons. The molecule has 0 saturated heterocycles. The molecule has 0 aliphatic carbocycles. The van der Waals surface area contributed by atoms with E-state index in [0.717, 1.165) is 0 Å². The van der Waals surface area contributed by atoms with Crippen LogP contribution in [-0.2, 0) is 0 Å². The molecule has 3 N–H and O–H groups in total. The summed E-state index contributed by atoms with van der Waals surface area (Å²) in [6.45, 7) is 6.26. The van der Waals surface area contributed by atoms with Crippen molar-refractivity contribution in [2.75, 3.05) is 13.1 Å². The molecule has 0 aliphatic rings. The Kier molecular flexibility index (Phi) is 4.84. The number of allylic oxidation sites excluding steroid dienone is 2. The van der Waals surface area contributed by atoms with Crippen LogP contribution in [0.4, 0.5) is 8.78 Å².